The molecule has 0 aliphatic carbocycles. The smallest absolute Gasteiger partial charge is 0.232 e. The minimum absolute atomic E-state index is 0.0905. The first-order valence-electron chi connectivity index (χ1n) is 8.47. The molecule has 0 radical (unpaired) electrons. The third kappa shape index (κ3) is 6.07. The standard InChI is InChI=1S/C19H24N2O4S/c1-3-14-20-19(22)13-15-21(26(2,23)24)16-9-11-18(12-10-16)25-17-7-5-4-6-8-17/h4-12H,3,13-15H2,1-2H3,(H,20,22). The third-order valence-electron chi connectivity index (χ3n) is 3.62. The highest BCUT2D eigenvalue weighted by Crippen LogP contribution is 2.25. The van der Waals surface area contributed by atoms with Crippen LogP contribution >= 0.6 is 0 Å². The van der Waals surface area contributed by atoms with Gasteiger partial charge in [-0.1, -0.05) is 25.1 Å². The van der Waals surface area contributed by atoms with Crippen LogP contribution < -0.4 is 14.4 Å². The Bertz CT molecular complexity index is 805. The fourth-order valence-corrected chi connectivity index (χ4v) is 3.27. The highest BCUT2D eigenvalue weighted by atomic mass is 32.2. The molecule has 0 unspecified atom stereocenters. The number of rotatable bonds is 9. The Morgan fingerprint density at radius 1 is 1.04 bits per heavy atom. The molecule has 0 atom stereocenters. The molecule has 7 heteroatoms. The number of anilines is 1. The van der Waals surface area contributed by atoms with Gasteiger partial charge in [-0.3, -0.25) is 9.10 Å². The van der Waals surface area contributed by atoms with E-state index >= 15 is 0 Å². The number of amides is 1. The zero-order valence-electron chi connectivity index (χ0n) is 15.0. The van der Waals surface area contributed by atoms with Crippen LogP contribution in [-0.4, -0.2) is 33.7 Å². The Morgan fingerprint density at radius 3 is 2.23 bits per heavy atom. The minimum atomic E-state index is -3.49. The van der Waals surface area contributed by atoms with Gasteiger partial charge in [-0.25, -0.2) is 8.42 Å². The van der Waals surface area contributed by atoms with E-state index in [9.17, 15) is 13.2 Å². The SMILES string of the molecule is CCCNC(=O)CCN(c1ccc(Oc2ccccc2)cc1)S(C)(=O)=O. The van der Waals surface area contributed by atoms with Gasteiger partial charge in [0.15, 0.2) is 0 Å². The Balaban J connectivity index is 2.07. The van der Waals surface area contributed by atoms with Crippen LogP contribution in [0.25, 0.3) is 0 Å². The quantitative estimate of drug-likeness (QED) is 0.729. The number of carbonyl (C=O) groups is 1. The average molecular weight is 376 g/mol. The molecule has 0 aliphatic heterocycles. The monoisotopic (exact) mass is 376 g/mol. The molecule has 2 aromatic rings. The van der Waals surface area contributed by atoms with Crippen molar-refractivity contribution in [2.75, 3.05) is 23.7 Å². The molecule has 1 amide bonds. The topological polar surface area (TPSA) is 75.7 Å². The normalized spacial score (nSPS) is 11.0. The summed E-state index contributed by atoms with van der Waals surface area (Å²) >= 11 is 0. The van der Waals surface area contributed by atoms with Gasteiger partial charge in [0.2, 0.25) is 15.9 Å². The molecule has 0 saturated heterocycles. The van der Waals surface area contributed by atoms with Crippen molar-refractivity contribution in [3.8, 4) is 11.5 Å². The van der Waals surface area contributed by atoms with E-state index in [-0.39, 0.29) is 18.9 Å². The summed E-state index contributed by atoms with van der Waals surface area (Å²) in [6.07, 6.45) is 2.07. The van der Waals surface area contributed by atoms with Gasteiger partial charge in [0.1, 0.15) is 11.5 Å². The maximum Gasteiger partial charge on any atom is 0.232 e. The van der Waals surface area contributed by atoms with E-state index in [2.05, 4.69) is 5.32 Å². The van der Waals surface area contributed by atoms with E-state index < -0.39 is 10.0 Å². The molecule has 0 saturated carbocycles. The maximum absolute atomic E-state index is 12.1. The predicted octanol–water partition coefficient (Wildman–Crippen LogP) is 3.16. The van der Waals surface area contributed by atoms with Gasteiger partial charge in [-0.2, -0.15) is 0 Å². The van der Waals surface area contributed by atoms with E-state index in [1.807, 2.05) is 37.3 Å². The number of nitrogens with one attached hydrogen (secondary N) is 1. The molecule has 1 N–H and O–H groups in total. The summed E-state index contributed by atoms with van der Waals surface area (Å²) in [6, 6.07) is 16.1. The highest BCUT2D eigenvalue weighted by Gasteiger charge is 2.18. The van der Waals surface area contributed by atoms with E-state index in [0.717, 1.165) is 12.7 Å². The number of nitrogens with zero attached hydrogens (tertiary/aromatic N) is 1. The molecule has 0 aromatic heterocycles. The lowest BCUT2D eigenvalue weighted by Gasteiger charge is -2.22. The number of hydrogen-bond donors (Lipinski definition) is 1. The van der Waals surface area contributed by atoms with E-state index in [0.29, 0.717) is 23.7 Å². The zero-order valence-corrected chi connectivity index (χ0v) is 15.8. The molecule has 2 rings (SSSR count). The van der Waals surface area contributed by atoms with Gasteiger partial charge in [0.05, 0.1) is 11.9 Å². The second kappa shape index (κ2) is 9.24. The summed E-state index contributed by atoms with van der Waals surface area (Å²) in [6.45, 7) is 2.64. The lowest BCUT2D eigenvalue weighted by atomic mass is 10.3. The van der Waals surface area contributed by atoms with Crippen LogP contribution in [0.15, 0.2) is 54.6 Å². The van der Waals surface area contributed by atoms with E-state index in [4.69, 9.17) is 4.74 Å². The van der Waals surface area contributed by atoms with Gasteiger partial charge in [-0.15, -0.1) is 0 Å². The molecule has 0 heterocycles. The van der Waals surface area contributed by atoms with Crippen molar-refractivity contribution in [3.63, 3.8) is 0 Å². The van der Waals surface area contributed by atoms with Crippen molar-refractivity contribution in [2.45, 2.75) is 19.8 Å². The zero-order chi connectivity index (χ0) is 19.0. The largest absolute Gasteiger partial charge is 0.457 e. The lowest BCUT2D eigenvalue weighted by Crippen LogP contribution is -2.34. The van der Waals surface area contributed by atoms with Crippen molar-refractivity contribution >= 4 is 21.6 Å². The number of para-hydroxylation sites is 1. The summed E-state index contributed by atoms with van der Waals surface area (Å²) in [5.74, 6) is 1.14. The summed E-state index contributed by atoms with van der Waals surface area (Å²) in [7, 11) is -3.49. The van der Waals surface area contributed by atoms with Crippen molar-refractivity contribution in [1.29, 1.82) is 0 Å². The highest BCUT2D eigenvalue weighted by molar-refractivity contribution is 7.92. The van der Waals surface area contributed by atoms with Crippen LogP contribution in [0.5, 0.6) is 11.5 Å². The van der Waals surface area contributed by atoms with Gasteiger partial charge >= 0.3 is 0 Å². The number of sulfonamides is 1. The van der Waals surface area contributed by atoms with Gasteiger partial charge in [0, 0.05) is 19.5 Å². The van der Waals surface area contributed by atoms with Crippen molar-refractivity contribution in [3.05, 3.63) is 54.6 Å². The Kier molecular flexibility index (Phi) is 7.03. The molecule has 0 aliphatic rings. The van der Waals surface area contributed by atoms with Crippen LogP contribution in [0.1, 0.15) is 19.8 Å². The van der Waals surface area contributed by atoms with Crippen LogP contribution in [0.4, 0.5) is 5.69 Å². The molecule has 26 heavy (non-hydrogen) atoms. The fraction of sp³-hybridized carbons (Fsp3) is 0.316. The molecular formula is C19H24N2O4S. The first kappa shape index (κ1) is 19.8. The number of hydrogen-bond acceptors (Lipinski definition) is 4. The van der Waals surface area contributed by atoms with Crippen molar-refractivity contribution in [2.24, 2.45) is 0 Å². The minimum Gasteiger partial charge on any atom is -0.457 e. The average Bonchev–Trinajstić information content (AvgIpc) is 2.61. The summed E-state index contributed by atoms with van der Waals surface area (Å²) < 4.78 is 31.1. The molecule has 2 aromatic carbocycles. The fourth-order valence-electron chi connectivity index (χ4n) is 2.35. The van der Waals surface area contributed by atoms with Crippen LogP contribution in [0.2, 0.25) is 0 Å². The molecular weight excluding hydrogens is 352 g/mol. The van der Waals surface area contributed by atoms with Crippen molar-refractivity contribution < 1.29 is 17.9 Å². The summed E-state index contributed by atoms with van der Waals surface area (Å²) in [4.78, 5) is 11.8. The number of carbonyl (C=O) groups excluding carboxylic acids is 1. The maximum atomic E-state index is 12.1. The van der Waals surface area contributed by atoms with E-state index in [1.165, 1.54) is 4.31 Å². The van der Waals surface area contributed by atoms with Crippen molar-refractivity contribution in [1.82, 2.24) is 5.32 Å². The van der Waals surface area contributed by atoms with Crippen LogP contribution in [0.3, 0.4) is 0 Å². The molecule has 0 spiro atoms. The van der Waals surface area contributed by atoms with Gasteiger partial charge < -0.3 is 10.1 Å². The van der Waals surface area contributed by atoms with Gasteiger partial charge in [-0.05, 0) is 42.8 Å². The first-order valence-corrected chi connectivity index (χ1v) is 10.3. The lowest BCUT2D eigenvalue weighted by molar-refractivity contribution is -0.120. The summed E-state index contributed by atoms with van der Waals surface area (Å²) in [5.41, 5.74) is 0.496. The predicted molar refractivity (Wildman–Crippen MR) is 103 cm³/mol. The summed E-state index contributed by atoms with van der Waals surface area (Å²) in [5, 5.41) is 2.75. The second-order valence-electron chi connectivity index (χ2n) is 5.84. The van der Waals surface area contributed by atoms with Gasteiger partial charge in [0.25, 0.3) is 0 Å². The Morgan fingerprint density at radius 2 is 1.65 bits per heavy atom. The number of ether oxygens (including phenoxy) is 1. The molecule has 0 fully saturated rings. The Labute approximate surface area is 154 Å². The first-order chi connectivity index (χ1) is 12.4. The molecule has 6 nitrogen and oxygen atoms in total. The third-order valence-corrected chi connectivity index (χ3v) is 4.81. The van der Waals surface area contributed by atoms with E-state index in [1.54, 1.807) is 24.3 Å². The Hall–Kier alpha value is -2.54. The number of benzene rings is 2. The molecule has 0 bridgehead atoms. The van der Waals surface area contributed by atoms with Crippen LogP contribution in [-0.2, 0) is 14.8 Å². The van der Waals surface area contributed by atoms with Crippen LogP contribution in [0, 0.1) is 0 Å². The second-order valence-corrected chi connectivity index (χ2v) is 7.75. The molecule has 140 valence electrons.